The highest BCUT2D eigenvalue weighted by atomic mass is 32.3. The summed E-state index contributed by atoms with van der Waals surface area (Å²) in [5.41, 5.74) is -24.6. The zero-order valence-electron chi connectivity index (χ0n) is 18.2. The van der Waals surface area contributed by atoms with E-state index in [1.807, 2.05) is 6.20 Å². The highest BCUT2D eigenvalue weighted by Crippen LogP contribution is 2.28. The average Bonchev–Trinajstić information content (AvgIpc) is 3.15. The maximum Gasteiger partial charge on any atom is 0.512 e. The smallest absolute Gasteiger partial charge is 0.349 e. The summed E-state index contributed by atoms with van der Waals surface area (Å²) in [6.45, 7) is 2.18. The van der Waals surface area contributed by atoms with Crippen molar-refractivity contribution in [2.45, 2.75) is 48.2 Å². The molecule has 0 radical (unpaired) electrons. The van der Waals surface area contributed by atoms with E-state index in [1.165, 1.54) is 12.8 Å². The van der Waals surface area contributed by atoms with Crippen LogP contribution in [0.3, 0.4) is 0 Å². The molecule has 1 aromatic rings. The summed E-state index contributed by atoms with van der Waals surface area (Å²) in [7, 11) is -26.4. The average molecular weight is 686 g/mol. The predicted octanol–water partition coefficient (Wildman–Crippen LogP) is 2.30. The third kappa shape index (κ3) is 12.9. The van der Waals surface area contributed by atoms with Crippen LogP contribution in [0.2, 0.25) is 0 Å². The third-order valence-electron chi connectivity index (χ3n) is 2.98. The molecule has 1 rings (SSSR count). The zero-order chi connectivity index (χ0) is 31.9. The van der Waals surface area contributed by atoms with Crippen molar-refractivity contribution in [3.8, 4) is 0 Å². The third-order valence-corrected chi connectivity index (χ3v) is 8.93. The minimum absolute atomic E-state index is 0.493. The number of halogens is 12. The number of hydrogen-bond acceptors (Lipinski definition) is 9. The number of alkyl halides is 12. The summed E-state index contributed by atoms with van der Waals surface area (Å²) in [6.07, 6.45) is 7.22. The van der Waals surface area contributed by atoms with Crippen molar-refractivity contribution in [2.75, 3.05) is 0 Å². The first kappa shape index (κ1) is 39.2. The molecule has 0 aromatic carbocycles. The number of H-pyrrole nitrogens is 1. The maximum absolute atomic E-state index is 11.5. The monoisotopic (exact) mass is 686 g/mol. The Morgan fingerprint density at radius 1 is 0.641 bits per heavy atom. The fourth-order valence-corrected chi connectivity index (χ4v) is 5.08. The normalized spacial score (nSPS) is 14.1. The van der Waals surface area contributed by atoms with Gasteiger partial charge in [0.1, 0.15) is 5.82 Å². The van der Waals surface area contributed by atoms with Crippen LogP contribution in [0.4, 0.5) is 52.7 Å². The Labute approximate surface area is 211 Å². The molecular weight excluding hydrogens is 672 g/mol. The number of aryl methyl sites for hydroxylation is 1. The summed E-state index contributed by atoms with van der Waals surface area (Å²) in [6, 6.07) is 0. The molecule has 0 bridgehead atoms. The largest absolute Gasteiger partial charge is 0.512 e. The van der Waals surface area contributed by atoms with E-state index in [1.54, 1.807) is 6.20 Å². The van der Waals surface area contributed by atoms with Gasteiger partial charge in [-0.15, -0.1) is 0 Å². The van der Waals surface area contributed by atoms with Crippen molar-refractivity contribution in [1.29, 1.82) is 0 Å². The number of nitrogens with one attached hydrogen (secondary N) is 3. The molecule has 3 N–H and O–H groups in total. The van der Waals surface area contributed by atoms with Crippen LogP contribution in [0.15, 0.2) is 12.4 Å². The molecule has 234 valence electrons. The number of imidazole rings is 1. The first-order valence-corrected chi connectivity index (χ1v) is 14.6. The Morgan fingerprint density at radius 3 is 1.10 bits per heavy atom. The Kier molecular flexibility index (Phi) is 13.2. The van der Waals surface area contributed by atoms with Gasteiger partial charge in [-0.25, -0.2) is 38.7 Å². The topological polar surface area (TPSA) is 189 Å². The molecule has 0 aliphatic heterocycles. The second-order valence-corrected chi connectivity index (χ2v) is 13.3. The van der Waals surface area contributed by atoms with E-state index in [0.29, 0.717) is 0 Å². The van der Waals surface area contributed by atoms with Crippen molar-refractivity contribution in [3.63, 3.8) is 0 Å². The minimum atomic E-state index is -6.60. The van der Waals surface area contributed by atoms with Crippen LogP contribution >= 0.6 is 0 Å². The second-order valence-electron chi connectivity index (χ2n) is 6.10. The second kappa shape index (κ2) is 13.2. The van der Waals surface area contributed by atoms with Gasteiger partial charge in [-0.1, -0.05) is 21.6 Å². The van der Waals surface area contributed by atoms with Gasteiger partial charge in [-0.3, -0.25) is 0 Å². The van der Waals surface area contributed by atoms with Crippen molar-refractivity contribution < 1.29 is 86.4 Å². The molecule has 0 unspecified atom stereocenters. The highest BCUT2D eigenvalue weighted by molar-refractivity contribution is 8.06. The van der Waals surface area contributed by atoms with Crippen molar-refractivity contribution in [3.05, 3.63) is 18.2 Å². The lowest BCUT2D eigenvalue weighted by Crippen LogP contribution is -2.45. The van der Waals surface area contributed by atoms with Crippen molar-refractivity contribution in [1.82, 2.24) is 18.2 Å². The molecule has 0 amide bonds. The lowest BCUT2D eigenvalue weighted by Gasteiger charge is -2.11. The molecule has 1 aromatic heterocycles. The Morgan fingerprint density at radius 2 is 0.923 bits per heavy atom. The van der Waals surface area contributed by atoms with E-state index in [9.17, 15) is 86.4 Å². The summed E-state index contributed by atoms with van der Waals surface area (Å²) in [4.78, 5) is 7.16. The van der Waals surface area contributed by atoms with Crippen LogP contribution in [-0.4, -0.2) is 65.7 Å². The number of aromatic nitrogens is 2. The van der Waals surface area contributed by atoms with Crippen LogP contribution in [0.1, 0.15) is 25.6 Å². The van der Waals surface area contributed by atoms with E-state index in [0.717, 1.165) is 12.2 Å². The van der Waals surface area contributed by atoms with Crippen LogP contribution in [0.5, 0.6) is 0 Å². The molecule has 0 saturated heterocycles. The minimum Gasteiger partial charge on any atom is -0.349 e. The lowest BCUT2D eigenvalue weighted by molar-refractivity contribution is -0.0487. The van der Waals surface area contributed by atoms with E-state index < -0.39 is 70.4 Å². The molecule has 1 heterocycles. The van der Waals surface area contributed by atoms with E-state index in [4.69, 9.17) is 0 Å². The van der Waals surface area contributed by atoms with Gasteiger partial charge < -0.3 is 4.98 Å². The van der Waals surface area contributed by atoms with Gasteiger partial charge in [0, 0.05) is 18.8 Å². The Hall–Kier alpha value is -1.91. The number of nitrogens with zero attached hydrogens (tertiary/aromatic N) is 1. The number of aromatic amines is 1. The molecule has 0 spiro atoms. The number of unbranched alkanes of at least 4 members (excludes halogenated alkanes) is 1. The first-order valence-electron chi connectivity index (χ1n) is 8.65. The molecule has 39 heavy (non-hydrogen) atoms. The zero-order valence-corrected chi connectivity index (χ0v) is 21.4. The van der Waals surface area contributed by atoms with Gasteiger partial charge in [0.2, 0.25) is 0 Å². The van der Waals surface area contributed by atoms with E-state index in [2.05, 4.69) is 16.9 Å². The van der Waals surface area contributed by atoms with Gasteiger partial charge in [0.15, 0.2) is 0 Å². The molecule has 0 aliphatic rings. The van der Waals surface area contributed by atoms with Gasteiger partial charge in [-0.05, 0) is 6.42 Å². The molecule has 0 saturated carbocycles. The van der Waals surface area contributed by atoms with Crippen molar-refractivity contribution in [2.24, 2.45) is 0 Å². The maximum atomic E-state index is 11.5. The quantitative estimate of drug-likeness (QED) is 0.362. The Balaban J connectivity index is 0. The summed E-state index contributed by atoms with van der Waals surface area (Å²) in [5, 5.41) is 0. The van der Waals surface area contributed by atoms with E-state index in [-0.39, 0.29) is 0 Å². The fraction of sp³-hybridized carbons (Fsp3) is 0.727. The Bertz CT molecular complexity index is 1160. The van der Waals surface area contributed by atoms with Crippen LogP contribution in [0, 0.1) is 0 Å². The number of sulfonamides is 4. The SMILES string of the molecule is CCCCc1ncc[nH]1.O=S(=O)(NS(=O)(=O)C(F)(F)F)C(F)(F)F.O=S(=O)(NS(=O)(=O)C(F)(F)F)C(F)(F)F. The van der Waals surface area contributed by atoms with Crippen LogP contribution < -0.4 is 8.25 Å². The molecule has 0 fully saturated rings. The molecule has 28 heteroatoms. The summed E-state index contributed by atoms with van der Waals surface area (Å²) >= 11 is 0. The number of rotatable bonds is 7. The van der Waals surface area contributed by atoms with Crippen molar-refractivity contribution >= 4 is 40.1 Å². The molecule has 12 nitrogen and oxygen atoms in total. The van der Waals surface area contributed by atoms with Gasteiger partial charge in [0.05, 0.1) is 0 Å². The number of hydrogen-bond donors (Lipinski definition) is 3. The summed E-state index contributed by atoms with van der Waals surface area (Å²) < 4.78 is 217. The van der Waals surface area contributed by atoms with Gasteiger partial charge >= 0.3 is 62.1 Å². The van der Waals surface area contributed by atoms with Crippen LogP contribution in [-0.2, 0) is 46.5 Å². The fourth-order valence-electron chi connectivity index (χ4n) is 1.26. The van der Waals surface area contributed by atoms with Crippen LogP contribution in [0.25, 0.3) is 0 Å². The van der Waals surface area contributed by atoms with E-state index >= 15 is 0 Å². The standard InChI is InChI=1S/C7H12N2.2C2HF6NO4S2/c1-2-3-4-7-8-5-6-9-7;2*3-1(4,5)14(10,11)9-15(12,13)2(6,7)8/h5-6H,2-4H2,1H3,(H,8,9);2*9H. The first-order chi connectivity index (χ1) is 16.8. The molecular formula is C11H14F12N4O8S4. The highest BCUT2D eigenvalue weighted by Gasteiger charge is 2.56. The predicted molar refractivity (Wildman–Crippen MR) is 103 cm³/mol. The molecule has 0 aliphatic carbocycles. The van der Waals surface area contributed by atoms with Gasteiger partial charge in [-0.2, -0.15) is 52.7 Å². The van der Waals surface area contributed by atoms with Gasteiger partial charge in [0.25, 0.3) is 0 Å². The summed E-state index contributed by atoms with van der Waals surface area (Å²) in [5.74, 6) is 1.11. The lowest BCUT2D eigenvalue weighted by atomic mass is 10.2. The molecule has 0 atom stereocenters.